The van der Waals surface area contributed by atoms with Gasteiger partial charge in [0.25, 0.3) is 0 Å². The van der Waals surface area contributed by atoms with Crippen molar-refractivity contribution < 1.29 is 0 Å². The summed E-state index contributed by atoms with van der Waals surface area (Å²) < 4.78 is 1.79. The number of hydrogen-bond donors (Lipinski definition) is 2. The molecule has 90 valence electrons. The van der Waals surface area contributed by atoms with E-state index in [2.05, 4.69) is 22.5 Å². The van der Waals surface area contributed by atoms with Crippen molar-refractivity contribution in [1.82, 2.24) is 9.78 Å². The van der Waals surface area contributed by atoms with Crippen molar-refractivity contribution in [2.75, 3.05) is 17.6 Å². The summed E-state index contributed by atoms with van der Waals surface area (Å²) in [4.78, 5) is 0. The summed E-state index contributed by atoms with van der Waals surface area (Å²) in [6.07, 6.45) is 4.07. The second kappa shape index (κ2) is 5.39. The van der Waals surface area contributed by atoms with Gasteiger partial charge in [0.05, 0.1) is 0 Å². The summed E-state index contributed by atoms with van der Waals surface area (Å²) in [7, 11) is 1.92. The first kappa shape index (κ1) is 11.5. The van der Waals surface area contributed by atoms with Gasteiger partial charge in [0.2, 0.25) is 0 Å². The van der Waals surface area contributed by atoms with Gasteiger partial charge in [-0.15, -0.1) is 0 Å². The molecule has 0 atom stereocenters. The highest BCUT2D eigenvalue weighted by Crippen LogP contribution is 2.08. The number of hydrogen-bond acceptors (Lipinski definition) is 3. The Morgan fingerprint density at radius 2 is 2.00 bits per heavy atom. The van der Waals surface area contributed by atoms with Crippen LogP contribution < -0.4 is 11.1 Å². The maximum atomic E-state index is 5.64. The van der Waals surface area contributed by atoms with Gasteiger partial charge in [-0.25, -0.2) is 0 Å². The Hall–Kier alpha value is -1.97. The number of nitrogens with two attached hydrogens (primary N) is 1. The molecule has 0 amide bonds. The molecule has 0 saturated heterocycles. The Morgan fingerprint density at radius 1 is 1.24 bits per heavy atom. The lowest BCUT2D eigenvalue weighted by molar-refractivity contribution is 0.764. The third-order valence-electron chi connectivity index (χ3n) is 2.64. The molecule has 4 nitrogen and oxygen atoms in total. The number of nitrogens with zero attached hydrogens (tertiary/aromatic N) is 2. The predicted molar refractivity (Wildman–Crippen MR) is 70.9 cm³/mol. The van der Waals surface area contributed by atoms with Crippen LogP contribution in [0, 0.1) is 0 Å². The molecule has 0 radical (unpaired) electrons. The van der Waals surface area contributed by atoms with Gasteiger partial charge in [0.1, 0.15) is 5.82 Å². The Balaban J connectivity index is 1.71. The van der Waals surface area contributed by atoms with E-state index in [4.69, 9.17) is 5.73 Å². The molecule has 0 aliphatic rings. The fourth-order valence-electron chi connectivity index (χ4n) is 1.70. The van der Waals surface area contributed by atoms with E-state index in [1.54, 1.807) is 4.68 Å². The van der Waals surface area contributed by atoms with Crippen LogP contribution in [-0.4, -0.2) is 16.3 Å². The molecular weight excluding hydrogens is 212 g/mol. The van der Waals surface area contributed by atoms with Crippen molar-refractivity contribution in [1.29, 1.82) is 0 Å². The molecule has 0 unspecified atom stereocenters. The minimum Gasteiger partial charge on any atom is -0.399 e. The zero-order chi connectivity index (χ0) is 12.1. The second-order valence-corrected chi connectivity index (χ2v) is 4.15. The van der Waals surface area contributed by atoms with Crippen LogP contribution in [0.5, 0.6) is 0 Å². The lowest BCUT2D eigenvalue weighted by Gasteiger charge is -2.03. The number of aromatic nitrogens is 2. The van der Waals surface area contributed by atoms with Crippen molar-refractivity contribution in [2.45, 2.75) is 12.8 Å². The van der Waals surface area contributed by atoms with Gasteiger partial charge in [-0.3, -0.25) is 4.68 Å². The van der Waals surface area contributed by atoms with Crippen molar-refractivity contribution in [3.63, 3.8) is 0 Å². The number of benzene rings is 1. The molecule has 3 N–H and O–H groups in total. The minimum atomic E-state index is 0.820. The summed E-state index contributed by atoms with van der Waals surface area (Å²) in [5.41, 5.74) is 7.78. The smallest absolute Gasteiger partial charge is 0.147 e. The number of nitrogens with one attached hydrogen (secondary N) is 1. The first-order valence-corrected chi connectivity index (χ1v) is 5.82. The fraction of sp³-hybridized carbons (Fsp3) is 0.308. The van der Waals surface area contributed by atoms with E-state index in [0.717, 1.165) is 30.9 Å². The normalized spacial score (nSPS) is 10.4. The first-order chi connectivity index (χ1) is 8.24. The molecule has 0 saturated carbocycles. The number of aryl methyl sites for hydroxylation is 2. The van der Waals surface area contributed by atoms with Gasteiger partial charge < -0.3 is 11.1 Å². The first-order valence-electron chi connectivity index (χ1n) is 5.82. The topological polar surface area (TPSA) is 55.9 Å². The molecule has 0 aliphatic heterocycles. The van der Waals surface area contributed by atoms with E-state index in [0.29, 0.717) is 0 Å². The van der Waals surface area contributed by atoms with Gasteiger partial charge in [-0.1, -0.05) is 12.1 Å². The number of nitrogen functional groups attached to an aromatic ring is 1. The molecule has 0 spiro atoms. The third kappa shape index (κ3) is 3.52. The molecule has 0 bridgehead atoms. The summed E-state index contributed by atoms with van der Waals surface area (Å²) >= 11 is 0. The standard InChI is InChI=1S/C13H18N4/c1-17-10-8-13(16-17)15-9-2-3-11-4-6-12(14)7-5-11/h4-8,10H,2-3,9,14H2,1H3,(H,15,16). The SMILES string of the molecule is Cn1ccc(NCCCc2ccc(N)cc2)n1. The lowest BCUT2D eigenvalue weighted by atomic mass is 10.1. The highest BCUT2D eigenvalue weighted by atomic mass is 15.3. The molecule has 0 aliphatic carbocycles. The van der Waals surface area contributed by atoms with Crippen molar-refractivity contribution in [3.8, 4) is 0 Å². The summed E-state index contributed by atoms with van der Waals surface area (Å²) in [6.45, 7) is 0.932. The molecule has 1 heterocycles. The van der Waals surface area contributed by atoms with Gasteiger partial charge in [0, 0.05) is 31.5 Å². The van der Waals surface area contributed by atoms with E-state index in [1.807, 2.05) is 31.4 Å². The highest BCUT2D eigenvalue weighted by Gasteiger charge is 1.96. The van der Waals surface area contributed by atoms with Crippen LogP contribution in [0.3, 0.4) is 0 Å². The Bertz CT molecular complexity index is 459. The van der Waals surface area contributed by atoms with Crippen molar-refractivity contribution >= 4 is 11.5 Å². The lowest BCUT2D eigenvalue weighted by Crippen LogP contribution is -2.04. The zero-order valence-corrected chi connectivity index (χ0v) is 10.1. The summed E-state index contributed by atoms with van der Waals surface area (Å²) in [5, 5.41) is 7.55. The monoisotopic (exact) mass is 230 g/mol. The van der Waals surface area contributed by atoms with E-state index >= 15 is 0 Å². The van der Waals surface area contributed by atoms with Crippen LogP contribution in [0.4, 0.5) is 11.5 Å². The minimum absolute atomic E-state index is 0.820. The van der Waals surface area contributed by atoms with Crippen LogP contribution in [-0.2, 0) is 13.5 Å². The van der Waals surface area contributed by atoms with Crippen LogP contribution in [0.1, 0.15) is 12.0 Å². The maximum Gasteiger partial charge on any atom is 0.147 e. The molecule has 2 aromatic rings. The Labute approximate surface area is 101 Å². The predicted octanol–water partition coefficient (Wildman–Crippen LogP) is 2.05. The average molecular weight is 230 g/mol. The fourth-order valence-corrected chi connectivity index (χ4v) is 1.70. The van der Waals surface area contributed by atoms with Crippen LogP contribution in [0.25, 0.3) is 0 Å². The van der Waals surface area contributed by atoms with E-state index in [9.17, 15) is 0 Å². The molecule has 1 aromatic heterocycles. The summed E-state index contributed by atoms with van der Waals surface area (Å²) in [6, 6.07) is 10.0. The molecule has 0 fully saturated rings. The van der Waals surface area contributed by atoms with Crippen LogP contribution in [0.2, 0.25) is 0 Å². The Kier molecular flexibility index (Phi) is 3.65. The molecule has 17 heavy (non-hydrogen) atoms. The van der Waals surface area contributed by atoms with Gasteiger partial charge in [-0.05, 0) is 30.5 Å². The van der Waals surface area contributed by atoms with Crippen LogP contribution >= 0.6 is 0 Å². The molecule has 4 heteroatoms. The molecular formula is C13H18N4. The van der Waals surface area contributed by atoms with Crippen molar-refractivity contribution in [2.24, 2.45) is 7.05 Å². The quantitative estimate of drug-likeness (QED) is 0.610. The zero-order valence-electron chi connectivity index (χ0n) is 10.1. The average Bonchev–Trinajstić information content (AvgIpc) is 2.73. The van der Waals surface area contributed by atoms with E-state index < -0.39 is 0 Å². The second-order valence-electron chi connectivity index (χ2n) is 4.15. The largest absolute Gasteiger partial charge is 0.399 e. The summed E-state index contributed by atoms with van der Waals surface area (Å²) in [5.74, 6) is 0.935. The van der Waals surface area contributed by atoms with Gasteiger partial charge in [0.15, 0.2) is 0 Å². The Morgan fingerprint density at radius 3 is 2.65 bits per heavy atom. The number of anilines is 2. The highest BCUT2D eigenvalue weighted by molar-refractivity contribution is 5.39. The van der Waals surface area contributed by atoms with E-state index in [-0.39, 0.29) is 0 Å². The van der Waals surface area contributed by atoms with Gasteiger partial charge in [-0.2, -0.15) is 5.10 Å². The van der Waals surface area contributed by atoms with Crippen molar-refractivity contribution in [3.05, 3.63) is 42.1 Å². The number of rotatable bonds is 5. The van der Waals surface area contributed by atoms with E-state index in [1.165, 1.54) is 5.56 Å². The third-order valence-corrected chi connectivity index (χ3v) is 2.64. The van der Waals surface area contributed by atoms with Gasteiger partial charge >= 0.3 is 0 Å². The van der Waals surface area contributed by atoms with Crippen LogP contribution in [0.15, 0.2) is 36.5 Å². The maximum absolute atomic E-state index is 5.64. The molecule has 2 rings (SSSR count). The molecule has 1 aromatic carbocycles.